The van der Waals surface area contributed by atoms with Gasteiger partial charge in [0.25, 0.3) is 0 Å². The molecule has 1 aliphatic heterocycles. The third-order valence-corrected chi connectivity index (χ3v) is 2.65. The molecule has 0 radical (unpaired) electrons. The molecule has 0 aromatic carbocycles. The van der Waals surface area contributed by atoms with Gasteiger partial charge in [-0.3, -0.25) is 4.79 Å². The van der Waals surface area contributed by atoms with Crippen molar-refractivity contribution in [2.24, 2.45) is 11.7 Å². The van der Waals surface area contributed by atoms with Crippen LogP contribution in [0.2, 0.25) is 0 Å². The smallest absolute Gasteiger partial charge is 0.341 e. The van der Waals surface area contributed by atoms with Gasteiger partial charge in [-0.1, -0.05) is 6.92 Å². The Labute approximate surface area is 86.4 Å². The van der Waals surface area contributed by atoms with Gasteiger partial charge in [0.05, 0.1) is 6.42 Å². The number of hydrogen-bond acceptors (Lipinski definition) is 2. The van der Waals surface area contributed by atoms with E-state index in [1.807, 2.05) is 6.92 Å². The SMILES string of the molecule is CC1CN(C(=O)CCC(F)(F)F)CC1N. The van der Waals surface area contributed by atoms with Crippen LogP contribution in [0.3, 0.4) is 0 Å². The van der Waals surface area contributed by atoms with Gasteiger partial charge in [0.2, 0.25) is 5.91 Å². The quantitative estimate of drug-likeness (QED) is 0.764. The average molecular weight is 224 g/mol. The Balaban J connectivity index is 2.36. The first-order chi connectivity index (χ1) is 6.79. The summed E-state index contributed by atoms with van der Waals surface area (Å²) in [6.07, 6.45) is -5.78. The van der Waals surface area contributed by atoms with Crippen molar-refractivity contribution in [1.82, 2.24) is 4.90 Å². The predicted octanol–water partition coefficient (Wildman–Crippen LogP) is 1.13. The molecule has 0 aromatic rings. The van der Waals surface area contributed by atoms with Crippen LogP contribution in [0.25, 0.3) is 0 Å². The molecular formula is C9H15F3N2O. The molecule has 15 heavy (non-hydrogen) atoms. The fraction of sp³-hybridized carbons (Fsp3) is 0.889. The molecule has 0 aromatic heterocycles. The lowest BCUT2D eigenvalue weighted by Crippen LogP contribution is -2.32. The maximum Gasteiger partial charge on any atom is 0.389 e. The van der Waals surface area contributed by atoms with Crippen molar-refractivity contribution < 1.29 is 18.0 Å². The number of nitrogens with zero attached hydrogens (tertiary/aromatic N) is 1. The van der Waals surface area contributed by atoms with Crippen LogP contribution in [0.4, 0.5) is 13.2 Å². The largest absolute Gasteiger partial charge is 0.389 e. The number of alkyl halides is 3. The maximum atomic E-state index is 11.9. The average Bonchev–Trinajstić information content (AvgIpc) is 2.42. The molecule has 1 amide bonds. The van der Waals surface area contributed by atoms with Crippen molar-refractivity contribution in [2.75, 3.05) is 13.1 Å². The van der Waals surface area contributed by atoms with Crippen molar-refractivity contribution in [2.45, 2.75) is 32.0 Å². The second-order valence-corrected chi connectivity index (χ2v) is 4.06. The van der Waals surface area contributed by atoms with Crippen LogP contribution in [0.15, 0.2) is 0 Å². The van der Waals surface area contributed by atoms with Crippen LogP contribution < -0.4 is 5.73 Å². The Kier molecular flexibility index (Phi) is 3.59. The van der Waals surface area contributed by atoms with E-state index in [-0.39, 0.29) is 12.0 Å². The number of carbonyl (C=O) groups is 1. The first-order valence-electron chi connectivity index (χ1n) is 4.89. The minimum Gasteiger partial charge on any atom is -0.341 e. The zero-order valence-electron chi connectivity index (χ0n) is 8.55. The topological polar surface area (TPSA) is 46.3 Å². The Morgan fingerprint density at radius 3 is 2.47 bits per heavy atom. The summed E-state index contributed by atoms with van der Waals surface area (Å²) in [5, 5.41) is 0. The highest BCUT2D eigenvalue weighted by Gasteiger charge is 2.33. The highest BCUT2D eigenvalue weighted by molar-refractivity contribution is 5.76. The highest BCUT2D eigenvalue weighted by Crippen LogP contribution is 2.23. The Hall–Kier alpha value is -0.780. The van der Waals surface area contributed by atoms with Gasteiger partial charge < -0.3 is 10.6 Å². The predicted molar refractivity (Wildman–Crippen MR) is 49.0 cm³/mol. The van der Waals surface area contributed by atoms with Gasteiger partial charge in [-0.2, -0.15) is 13.2 Å². The third kappa shape index (κ3) is 3.70. The molecule has 3 nitrogen and oxygen atoms in total. The van der Waals surface area contributed by atoms with Gasteiger partial charge in [0.1, 0.15) is 0 Å². The summed E-state index contributed by atoms with van der Waals surface area (Å²) >= 11 is 0. The van der Waals surface area contributed by atoms with E-state index in [1.165, 1.54) is 4.90 Å². The van der Waals surface area contributed by atoms with E-state index in [9.17, 15) is 18.0 Å². The molecule has 0 spiro atoms. The number of likely N-dealkylation sites (tertiary alicyclic amines) is 1. The van der Waals surface area contributed by atoms with E-state index in [1.54, 1.807) is 0 Å². The van der Waals surface area contributed by atoms with Crippen molar-refractivity contribution >= 4 is 5.91 Å². The normalized spacial score (nSPS) is 27.1. The number of amides is 1. The summed E-state index contributed by atoms with van der Waals surface area (Å²) in [4.78, 5) is 12.8. The Morgan fingerprint density at radius 1 is 1.47 bits per heavy atom. The Morgan fingerprint density at radius 2 is 2.07 bits per heavy atom. The van der Waals surface area contributed by atoms with Gasteiger partial charge in [0.15, 0.2) is 0 Å². The van der Waals surface area contributed by atoms with Crippen LogP contribution in [0, 0.1) is 5.92 Å². The number of nitrogens with two attached hydrogens (primary N) is 1. The Bertz CT molecular complexity index is 232. The summed E-state index contributed by atoms with van der Waals surface area (Å²) in [7, 11) is 0. The lowest BCUT2D eigenvalue weighted by atomic mass is 10.1. The van der Waals surface area contributed by atoms with Crippen molar-refractivity contribution in [3.63, 3.8) is 0 Å². The summed E-state index contributed by atoms with van der Waals surface area (Å²) in [6.45, 7) is 2.73. The molecule has 2 atom stereocenters. The van der Waals surface area contributed by atoms with E-state index in [0.29, 0.717) is 13.1 Å². The molecular weight excluding hydrogens is 209 g/mol. The monoisotopic (exact) mass is 224 g/mol. The molecule has 0 bridgehead atoms. The summed E-state index contributed by atoms with van der Waals surface area (Å²) in [6, 6.07) is -0.111. The van der Waals surface area contributed by atoms with Gasteiger partial charge in [-0.15, -0.1) is 0 Å². The van der Waals surface area contributed by atoms with E-state index in [2.05, 4.69) is 0 Å². The zero-order valence-corrected chi connectivity index (χ0v) is 8.55. The van der Waals surface area contributed by atoms with E-state index < -0.39 is 24.9 Å². The molecule has 0 saturated carbocycles. The molecule has 2 N–H and O–H groups in total. The fourth-order valence-electron chi connectivity index (χ4n) is 1.60. The van der Waals surface area contributed by atoms with Gasteiger partial charge in [-0.25, -0.2) is 0 Å². The zero-order chi connectivity index (χ0) is 11.6. The molecule has 1 saturated heterocycles. The third-order valence-electron chi connectivity index (χ3n) is 2.65. The summed E-state index contributed by atoms with van der Waals surface area (Å²) in [5.41, 5.74) is 5.67. The minimum absolute atomic E-state index is 0.111. The van der Waals surface area contributed by atoms with Crippen LogP contribution in [-0.2, 0) is 4.79 Å². The number of rotatable bonds is 2. The van der Waals surface area contributed by atoms with E-state index >= 15 is 0 Å². The van der Waals surface area contributed by atoms with E-state index in [4.69, 9.17) is 5.73 Å². The number of halogens is 3. The minimum atomic E-state index is -4.26. The lowest BCUT2D eigenvalue weighted by Gasteiger charge is -2.16. The molecule has 6 heteroatoms. The van der Waals surface area contributed by atoms with Crippen molar-refractivity contribution in [1.29, 1.82) is 0 Å². The summed E-state index contributed by atoms with van der Waals surface area (Å²) in [5.74, 6) is -0.285. The van der Waals surface area contributed by atoms with Crippen molar-refractivity contribution in [3.05, 3.63) is 0 Å². The maximum absolute atomic E-state index is 11.9. The molecule has 0 aliphatic carbocycles. The van der Waals surface area contributed by atoms with Gasteiger partial charge in [-0.05, 0) is 5.92 Å². The second-order valence-electron chi connectivity index (χ2n) is 4.06. The first-order valence-corrected chi connectivity index (χ1v) is 4.89. The molecule has 1 heterocycles. The molecule has 1 aliphatic rings. The van der Waals surface area contributed by atoms with Crippen LogP contribution in [-0.4, -0.2) is 36.1 Å². The van der Waals surface area contributed by atoms with Gasteiger partial charge >= 0.3 is 6.18 Å². The number of carbonyl (C=O) groups excluding carboxylic acids is 1. The van der Waals surface area contributed by atoms with Crippen molar-refractivity contribution in [3.8, 4) is 0 Å². The molecule has 2 unspecified atom stereocenters. The molecule has 1 fully saturated rings. The number of hydrogen-bond donors (Lipinski definition) is 1. The van der Waals surface area contributed by atoms with Gasteiger partial charge in [0, 0.05) is 25.6 Å². The summed E-state index contributed by atoms with van der Waals surface area (Å²) < 4.78 is 35.6. The fourth-order valence-corrected chi connectivity index (χ4v) is 1.60. The standard InChI is InChI=1S/C9H15F3N2O/c1-6-4-14(5-7(6)13)8(15)2-3-9(10,11)12/h6-7H,2-5,13H2,1H3. The van der Waals surface area contributed by atoms with Crippen LogP contribution >= 0.6 is 0 Å². The molecule has 1 rings (SSSR count). The molecule has 88 valence electrons. The highest BCUT2D eigenvalue weighted by atomic mass is 19.4. The first kappa shape index (κ1) is 12.3. The van der Waals surface area contributed by atoms with Crippen LogP contribution in [0.5, 0.6) is 0 Å². The van der Waals surface area contributed by atoms with Crippen LogP contribution in [0.1, 0.15) is 19.8 Å². The lowest BCUT2D eigenvalue weighted by molar-refractivity contribution is -0.148. The van der Waals surface area contributed by atoms with E-state index in [0.717, 1.165) is 0 Å². The second kappa shape index (κ2) is 4.38.